The van der Waals surface area contributed by atoms with E-state index in [0.717, 1.165) is 0 Å². The summed E-state index contributed by atoms with van der Waals surface area (Å²) in [6.07, 6.45) is 14.0. The molecular weight excluding hydrogens is 536 g/mol. The molecule has 0 unspecified atom stereocenters. The maximum absolute atomic E-state index is 10.7. The molecule has 0 N–H and O–H groups in total. The van der Waals surface area contributed by atoms with E-state index in [4.69, 9.17) is 18.6 Å². The van der Waals surface area contributed by atoms with Crippen molar-refractivity contribution >= 4 is 11.9 Å². The number of methoxy groups -OCH3 is 2. The maximum Gasteiger partial charge on any atom is 0 e. The summed E-state index contributed by atoms with van der Waals surface area (Å²) < 4.78 is 38.9. The van der Waals surface area contributed by atoms with Gasteiger partial charge in [-0.3, -0.25) is 9.59 Å². The van der Waals surface area contributed by atoms with Gasteiger partial charge in [0.2, 0.25) is 0 Å². The summed E-state index contributed by atoms with van der Waals surface area (Å²) in [6, 6.07) is 0. The summed E-state index contributed by atoms with van der Waals surface area (Å²) in [5.74, 6) is 0.662. The van der Waals surface area contributed by atoms with Crippen molar-refractivity contribution in [1.82, 2.24) is 0 Å². The summed E-state index contributed by atoms with van der Waals surface area (Å²) in [4.78, 5) is 21.3. The average Bonchev–Trinajstić information content (AvgIpc) is 3.47. The summed E-state index contributed by atoms with van der Waals surface area (Å²) >= 11 is 0. The molecule has 0 saturated heterocycles. The zero-order chi connectivity index (χ0) is 21.4. The molecule has 10 radical (unpaired) electrons. The van der Waals surface area contributed by atoms with Crippen LogP contribution in [0.3, 0.4) is 0 Å². The first-order valence-corrected chi connectivity index (χ1v) is 6.10. The molecule has 10 heteroatoms. The van der Waals surface area contributed by atoms with E-state index in [1.54, 1.807) is 51.4 Å². The molecule has 2 saturated carbocycles. The number of esters is 2. The minimum absolute atomic E-state index is 0. The zero-order valence-electron chi connectivity index (χ0n) is 14.7. The average molecular weight is 550 g/mol. The first-order chi connectivity index (χ1) is 12.7. The largest absolute Gasteiger partial charge is 0 e. The molecule has 0 amide bonds. The fraction of sp³-hybridized carbons (Fsp3) is 0.111. The zero-order valence-corrected chi connectivity index (χ0v) is 18.7. The van der Waals surface area contributed by atoms with Gasteiger partial charge in [0.15, 0.2) is 0 Å². The van der Waals surface area contributed by atoms with Crippen molar-refractivity contribution in [3.8, 4) is 0 Å². The van der Waals surface area contributed by atoms with Crippen molar-refractivity contribution in [1.29, 1.82) is 0 Å². The Morgan fingerprint density at radius 1 is 0.607 bits per heavy atom. The molecule has 0 heterocycles. The molecule has 0 bridgehead atoms. The van der Waals surface area contributed by atoms with Gasteiger partial charge in [-0.25, -0.2) is 0 Å². The van der Waals surface area contributed by atoms with Gasteiger partial charge in [0.25, 0.3) is 0 Å². The third-order valence-electron chi connectivity index (χ3n) is 2.17. The Morgan fingerprint density at radius 3 is 0.929 bits per heavy atom. The van der Waals surface area contributed by atoms with E-state index in [1.165, 1.54) is 14.2 Å². The number of ether oxygens (including phenoxy) is 2. The Labute approximate surface area is 195 Å². The molecule has 2 fully saturated rings. The molecule has 28 heavy (non-hydrogen) atoms. The molecule has 2 aliphatic carbocycles. The van der Waals surface area contributed by atoms with Crippen molar-refractivity contribution in [3.63, 3.8) is 0 Å². The van der Waals surface area contributed by atoms with Crippen molar-refractivity contribution in [2.24, 2.45) is 0 Å². The summed E-state index contributed by atoms with van der Waals surface area (Å²) in [7, 11) is 2.74. The van der Waals surface area contributed by atoms with Crippen molar-refractivity contribution < 1.29 is 79.8 Å². The van der Waals surface area contributed by atoms with Gasteiger partial charge in [0.05, 0.1) is 26.1 Å². The molecule has 146 valence electrons. The molecule has 2 rings (SSSR count). The van der Waals surface area contributed by atoms with Crippen LogP contribution >= 0.6 is 0 Å². The monoisotopic (exact) mass is 554 g/mol. The second kappa shape index (κ2) is 37.1. The smallest absolute Gasteiger partial charge is 0 e. The molecule has 0 aromatic heterocycles. The Kier molecular flexibility index (Phi) is 55.1. The second-order valence-corrected chi connectivity index (χ2v) is 3.33. The SMILES string of the molecule is COC(=O)[C]1[CH][CH][CH][CH]1.COC(=O)[C]1[CH][CH][CH][CH]1.[C-]#[O+].[C-]#[O+].[C-]#[O+].[C-]#[O+].[Mo].[Mo]. The summed E-state index contributed by atoms with van der Waals surface area (Å²) in [5.41, 5.74) is 0. The molecule has 0 atom stereocenters. The van der Waals surface area contributed by atoms with Crippen LogP contribution in [0.4, 0.5) is 0 Å². The number of carbonyl (C=O) groups excluding carboxylic acids is 2. The minimum atomic E-state index is -0.278. The second-order valence-electron chi connectivity index (χ2n) is 3.33. The standard InChI is InChI=1S/2C7H7O2.4CO.2Mo/c2*1-9-7(8)6-4-2-3-5-6;4*1-2;;/h2*2-5H,1H3;;;;;;. The van der Waals surface area contributed by atoms with E-state index in [1.807, 2.05) is 0 Å². The van der Waals surface area contributed by atoms with Crippen LogP contribution in [0, 0.1) is 89.8 Å². The normalized spacial score (nSPS) is 13.2. The van der Waals surface area contributed by atoms with E-state index in [0.29, 0.717) is 11.8 Å². The van der Waals surface area contributed by atoms with Crippen LogP contribution in [0.15, 0.2) is 0 Å². The first-order valence-electron chi connectivity index (χ1n) is 6.10. The van der Waals surface area contributed by atoms with Crippen molar-refractivity contribution in [3.05, 3.63) is 89.8 Å². The predicted octanol–water partition coefficient (Wildman–Crippen LogP) is 0.974. The van der Waals surface area contributed by atoms with Crippen molar-refractivity contribution in [2.45, 2.75) is 0 Å². The number of rotatable bonds is 2. The van der Waals surface area contributed by atoms with E-state index in [9.17, 15) is 9.59 Å². The van der Waals surface area contributed by atoms with Gasteiger partial charge >= 0.3 is 57.1 Å². The molecule has 0 aromatic rings. The van der Waals surface area contributed by atoms with Crippen LogP contribution in [0.25, 0.3) is 0 Å². The molecule has 8 nitrogen and oxygen atoms in total. The quantitative estimate of drug-likeness (QED) is 0.220. The maximum atomic E-state index is 10.7. The first kappa shape index (κ1) is 41.6. The van der Waals surface area contributed by atoms with Crippen LogP contribution < -0.4 is 0 Å². The van der Waals surface area contributed by atoms with E-state index >= 15 is 0 Å². The van der Waals surface area contributed by atoms with Gasteiger partial charge < -0.3 is 9.47 Å². The van der Waals surface area contributed by atoms with Crippen LogP contribution in [-0.4, -0.2) is 26.2 Å². The third kappa shape index (κ3) is 23.3. The Hall–Kier alpha value is -0.723. The fourth-order valence-electron chi connectivity index (χ4n) is 1.26. The van der Waals surface area contributed by atoms with Gasteiger partial charge in [0, 0.05) is 42.1 Å². The molecule has 0 aromatic carbocycles. The van der Waals surface area contributed by atoms with Crippen molar-refractivity contribution in [2.75, 3.05) is 14.2 Å². The Bertz CT molecular complexity index is 368. The molecule has 0 aliphatic heterocycles. The molecule has 0 spiro atoms. The van der Waals surface area contributed by atoms with Gasteiger partial charge in [-0.1, -0.05) is 0 Å². The van der Waals surface area contributed by atoms with Gasteiger partial charge in [-0.05, 0) is 51.4 Å². The van der Waals surface area contributed by atoms with Crippen LogP contribution in [0.5, 0.6) is 0 Å². The van der Waals surface area contributed by atoms with Crippen LogP contribution in [-0.2, 0) is 79.8 Å². The minimum Gasteiger partial charge on any atom is 0 e. The van der Waals surface area contributed by atoms with Gasteiger partial charge in [-0.15, -0.1) is 0 Å². The predicted molar refractivity (Wildman–Crippen MR) is 80.6 cm³/mol. The number of hydrogen-bond donors (Lipinski definition) is 0. The fourth-order valence-corrected chi connectivity index (χ4v) is 1.26. The van der Waals surface area contributed by atoms with Crippen LogP contribution in [0.1, 0.15) is 0 Å². The molecular formula is C18H14Mo2O8. The number of hydrogen-bond acceptors (Lipinski definition) is 4. The topological polar surface area (TPSA) is 132 Å². The molecule has 2 aliphatic rings. The third-order valence-corrected chi connectivity index (χ3v) is 2.17. The van der Waals surface area contributed by atoms with E-state index < -0.39 is 0 Å². The number of carbonyl (C=O) groups is 2. The van der Waals surface area contributed by atoms with Gasteiger partial charge in [0.1, 0.15) is 0 Å². The Morgan fingerprint density at radius 2 is 0.786 bits per heavy atom. The summed E-state index contributed by atoms with van der Waals surface area (Å²) in [6.45, 7) is 18.0. The van der Waals surface area contributed by atoms with Crippen LogP contribution in [0.2, 0.25) is 0 Å². The van der Waals surface area contributed by atoms with E-state index in [-0.39, 0.29) is 54.1 Å². The Balaban J connectivity index is -0.0000000606. The summed E-state index contributed by atoms with van der Waals surface area (Å²) in [5, 5.41) is 0. The van der Waals surface area contributed by atoms with Gasteiger partial charge in [-0.2, -0.15) is 0 Å². The van der Waals surface area contributed by atoms with E-state index in [2.05, 4.69) is 36.1 Å².